The van der Waals surface area contributed by atoms with Crippen LogP contribution < -0.4 is 5.32 Å². The minimum atomic E-state index is 0.996. The van der Waals surface area contributed by atoms with E-state index in [1.54, 1.807) is 0 Å². The second kappa shape index (κ2) is 7.02. The minimum Gasteiger partial charge on any atom is -0.313 e. The van der Waals surface area contributed by atoms with E-state index in [9.17, 15) is 0 Å². The third-order valence-corrected chi connectivity index (χ3v) is 3.12. The van der Waals surface area contributed by atoms with E-state index in [1.165, 1.54) is 29.5 Å². The third-order valence-electron chi connectivity index (χ3n) is 2.56. The Balaban J connectivity index is 2.33. The third kappa shape index (κ3) is 4.80. The molecule has 15 heavy (non-hydrogen) atoms. The molecule has 0 saturated heterocycles. The number of nitrogens with one attached hydrogen (secondary N) is 1. The molecule has 1 aromatic carbocycles. The molecule has 0 aliphatic carbocycles. The molecular formula is C13H20BrN. The highest BCUT2D eigenvalue weighted by Gasteiger charge is 1.97. The highest BCUT2D eigenvalue weighted by molar-refractivity contribution is 9.09. The molecule has 0 fully saturated rings. The molecule has 1 N–H and O–H groups in total. The van der Waals surface area contributed by atoms with Gasteiger partial charge in [-0.15, -0.1) is 0 Å². The lowest BCUT2D eigenvalue weighted by Gasteiger charge is -2.08. The molecule has 2 heteroatoms. The second-order valence-corrected chi connectivity index (χ2v) is 4.80. The van der Waals surface area contributed by atoms with Gasteiger partial charge in [-0.05, 0) is 44.4 Å². The van der Waals surface area contributed by atoms with Gasteiger partial charge in [0.05, 0.1) is 0 Å². The molecule has 0 aliphatic rings. The molecular weight excluding hydrogens is 250 g/mol. The lowest BCUT2D eigenvalue weighted by molar-refractivity contribution is 0.643. The summed E-state index contributed by atoms with van der Waals surface area (Å²) in [7, 11) is 0. The Kier molecular flexibility index (Phi) is 5.96. The van der Waals surface area contributed by atoms with Crippen molar-refractivity contribution in [3.8, 4) is 0 Å². The first-order valence-electron chi connectivity index (χ1n) is 5.57. The van der Waals surface area contributed by atoms with Gasteiger partial charge in [0.1, 0.15) is 0 Å². The molecule has 0 aliphatic heterocycles. The van der Waals surface area contributed by atoms with Crippen LogP contribution in [0.4, 0.5) is 0 Å². The molecule has 1 rings (SSSR count). The molecule has 84 valence electrons. The van der Waals surface area contributed by atoms with E-state index in [2.05, 4.69) is 53.3 Å². The van der Waals surface area contributed by atoms with Crippen molar-refractivity contribution in [2.24, 2.45) is 0 Å². The first kappa shape index (κ1) is 12.7. The predicted molar refractivity (Wildman–Crippen MR) is 70.7 cm³/mol. The molecule has 0 saturated carbocycles. The van der Waals surface area contributed by atoms with E-state index in [-0.39, 0.29) is 0 Å². The van der Waals surface area contributed by atoms with Crippen molar-refractivity contribution in [1.82, 2.24) is 5.32 Å². The molecule has 0 radical (unpaired) electrons. The van der Waals surface area contributed by atoms with Crippen molar-refractivity contribution in [2.75, 3.05) is 11.9 Å². The monoisotopic (exact) mass is 269 g/mol. The van der Waals surface area contributed by atoms with Crippen LogP contribution in [0, 0.1) is 13.8 Å². The van der Waals surface area contributed by atoms with Crippen LogP contribution >= 0.6 is 15.9 Å². The topological polar surface area (TPSA) is 12.0 Å². The Hall–Kier alpha value is -0.340. The number of alkyl halides is 1. The SMILES string of the molecule is Cc1ccc(C)c(CNCCCCBr)c1. The number of halogens is 1. The summed E-state index contributed by atoms with van der Waals surface area (Å²) in [5.41, 5.74) is 4.15. The fraction of sp³-hybridized carbons (Fsp3) is 0.538. The summed E-state index contributed by atoms with van der Waals surface area (Å²) in [6.45, 7) is 6.43. The Morgan fingerprint density at radius 1 is 1.20 bits per heavy atom. The van der Waals surface area contributed by atoms with Gasteiger partial charge in [0.2, 0.25) is 0 Å². The van der Waals surface area contributed by atoms with Crippen LogP contribution in [0.15, 0.2) is 18.2 Å². The predicted octanol–water partition coefficient (Wildman–Crippen LogP) is 3.57. The zero-order chi connectivity index (χ0) is 11.1. The second-order valence-electron chi connectivity index (χ2n) is 4.00. The number of hydrogen-bond acceptors (Lipinski definition) is 1. The minimum absolute atomic E-state index is 0.996. The van der Waals surface area contributed by atoms with E-state index in [0.717, 1.165) is 18.4 Å². The Bertz CT molecular complexity index is 297. The summed E-state index contributed by atoms with van der Waals surface area (Å²) in [5.74, 6) is 0. The summed E-state index contributed by atoms with van der Waals surface area (Å²) in [6.07, 6.45) is 2.50. The maximum absolute atomic E-state index is 3.48. The van der Waals surface area contributed by atoms with E-state index in [0.29, 0.717) is 0 Å². The quantitative estimate of drug-likeness (QED) is 0.615. The van der Waals surface area contributed by atoms with Crippen molar-refractivity contribution < 1.29 is 0 Å². The van der Waals surface area contributed by atoms with Crippen LogP contribution in [0.1, 0.15) is 29.5 Å². The maximum atomic E-state index is 3.48. The molecule has 0 amide bonds. The van der Waals surface area contributed by atoms with Crippen LogP contribution in [-0.4, -0.2) is 11.9 Å². The zero-order valence-corrected chi connectivity index (χ0v) is 11.2. The summed E-state index contributed by atoms with van der Waals surface area (Å²) >= 11 is 3.44. The lowest BCUT2D eigenvalue weighted by Crippen LogP contribution is -2.15. The van der Waals surface area contributed by atoms with Gasteiger partial charge in [0, 0.05) is 11.9 Å². The summed E-state index contributed by atoms with van der Waals surface area (Å²) in [6, 6.07) is 6.64. The highest BCUT2D eigenvalue weighted by atomic mass is 79.9. The van der Waals surface area contributed by atoms with Crippen molar-refractivity contribution >= 4 is 15.9 Å². The van der Waals surface area contributed by atoms with Crippen molar-refractivity contribution in [3.05, 3.63) is 34.9 Å². The fourth-order valence-corrected chi connectivity index (χ4v) is 1.95. The van der Waals surface area contributed by atoms with Gasteiger partial charge in [0.15, 0.2) is 0 Å². The number of rotatable bonds is 6. The average molecular weight is 270 g/mol. The standard InChI is InChI=1S/C13H20BrN/c1-11-5-6-12(2)13(9-11)10-15-8-4-3-7-14/h5-6,9,15H,3-4,7-8,10H2,1-2H3. The van der Waals surface area contributed by atoms with Gasteiger partial charge in [-0.2, -0.15) is 0 Å². The fourth-order valence-electron chi connectivity index (χ4n) is 1.56. The lowest BCUT2D eigenvalue weighted by atomic mass is 10.1. The number of hydrogen-bond donors (Lipinski definition) is 1. The molecule has 0 aromatic heterocycles. The van der Waals surface area contributed by atoms with Gasteiger partial charge >= 0.3 is 0 Å². The van der Waals surface area contributed by atoms with Gasteiger partial charge in [-0.1, -0.05) is 39.7 Å². The molecule has 0 bridgehead atoms. The van der Waals surface area contributed by atoms with Gasteiger partial charge in [-0.25, -0.2) is 0 Å². The smallest absolute Gasteiger partial charge is 0.0208 e. The van der Waals surface area contributed by atoms with E-state index >= 15 is 0 Å². The van der Waals surface area contributed by atoms with E-state index in [1.807, 2.05) is 0 Å². The molecule has 0 spiro atoms. The Morgan fingerprint density at radius 3 is 2.73 bits per heavy atom. The maximum Gasteiger partial charge on any atom is 0.0208 e. The van der Waals surface area contributed by atoms with Crippen LogP contribution in [0.5, 0.6) is 0 Å². The number of aryl methyl sites for hydroxylation is 2. The first-order valence-corrected chi connectivity index (χ1v) is 6.69. The Morgan fingerprint density at radius 2 is 2.00 bits per heavy atom. The largest absolute Gasteiger partial charge is 0.313 e. The van der Waals surface area contributed by atoms with Crippen molar-refractivity contribution in [3.63, 3.8) is 0 Å². The summed E-state index contributed by atoms with van der Waals surface area (Å²) in [5, 5.41) is 4.59. The van der Waals surface area contributed by atoms with E-state index in [4.69, 9.17) is 0 Å². The molecule has 1 aromatic rings. The number of unbranched alkanes of at least 4 members (excludes halogenated alkanes) is 1. The normalized spacial score (nSPS) is 10.6. The van der Waals surface area contributed by atoms with Gasteiger partial charge in [0.25, 0.3) is 0 Å². The summed E-state index contributed by atoms with van der Waals surface area (Å²) in [4.78, 5) is 0. The molecule has 0 atom stereocenters. The number of benzene rings is 1. The van der Waals surface area contributed by atoms with Crippen molar-refractivity contribution in [1.29, 1.82) is 0 Å². The first-order chi connectivity index (χ1) is 7.24. The summed E-state index contributed by atoms with van der Waals surface area (Å²) < 4.78 is 0. The van der Waals surface area contributed by atoms with Crippen molar-refractivity contribution in [2.45, 2.75) is 33.2 Å². The van der Waals surface area contributed by atoms with E-state index < -0.39 is 0 Å². The zero-order valence-electron chi connectivity index (χ0n) is 9.65. The van der Waals surface area contributed by atoms with Crippen LogP contribution in [-0.2, 0) is 6.54 Å². The van der Waals surface area contributed by atoms with Crippen LogP contribution in [0.2, 0.25) is 0 Å². The average Bonchev–Trinajstić information content (AvgIpc) is 2.23. The molecule has 1 nitrogen and oxygen atoms in total. The van der Waals surface area contributed by atoms with Crippen LogP contribution in [0.25, 0.3) is 0 Å². The Labute approximate surface area is 101 Å². The highest BCUT2D eigenvalue weighted by Crippen LogP contribution is 2.10. The van der Waals surface area contributed by atoms with Crippen LogP contribution in [0.3, 0.4) is 0 Å². The van der Waals surface area contributed by atoms with Gasteiger partial charge < -0.3 is 5.32 Å². The molecule has 0 unspecified atom stereocenters. The molecule has 0 heterocycles. The van der Waals surface area contributed by atoms with Gasteiger partial charge in [-0.3, -0.25) is 0 Å².